The van der Waals surface area contributed by atoms with Crippen molar-refractivity contribution in [2.75, 3.05) is 5.32 Å². The van der Waals surface area contributed by atoms with E-state index in [1.807, 2.05) is 26.8 Å². The molecule has 0 aliphatic carbocycles. The first-order chi connectivity index (χ1) is 9.52. The topological polar surface area (TPSA) is 63.8 Å². The van der Waals surface area contributed by atoms with Crippen LogP contribution in [0.25, 0.3) is 10.2 Å². The van der Waals surface area contributed by atoms with Crippen molar-refractivity contribution in [3.8, 4) is 0 Å². The summed E-state index contributed by atoms with van der Waals surface area (Å²) in [6.45, 7) is 5.86. The highest BCUT2D eigenvalue weighted by molar-refractivity contribution is 7.18. The normalized spacial score (nSPS) is 12.8. The largest absolute Gasteiger partial charge is 0.444 e. The Morgan fingerprint density at radius 2 is 2.15 bits per heavy atom. The fourth-order valence-corrected chi connectivity index (χ4v) is 3.06. The Hall–Kier alpha value is -1.66. The first-order valence-corrected chi connectivity index (χ1v) is 7.35. The summed E-state index contributed by atoms with van der Waals surface area (Å²) in [6.07, 6.45) is 1.70. The van der Waals surface area contributed by atoms with Crippen LogP contribution in [0.15, 0.2) is 16.7 Å². The summed E-state index contributed by atoms with van der Waals surface area (Å²) in [5.41, 5.74) is 0. The van der Waals surface area contributed by atoms with E-state index >= 15 is 0 Å². The van der Waals surface area contributed by atoms with Gasteiger partial charge in [-0.3, -0.25) is 0 Å². The monoisotopic (exact) mass is 308 g/mol. The molecule has 20 heavy (non-hydrogen) atoms. The van der Waals surface area contributed by atoms with Gasteiger partial charge in [-0.15, -0.1) is 11.3 Å². The van der Waals surface area contributed by atoms with Gasteiger partial charge in [0.1, 0.15) is 22.5 Å². The van der Waals surface area contributed by atoms with Crippen LogP contribution in [0.3, 0.4) is 0 Å². The zero-order chi connectivity index (χ0) is 14.3. The molecule has 0 radical (unpaired) electrons. The van der Waals surface area contributed by atoms with Crippen molar-refractivity contribution in [2.45, 2.75) is 26.8 Å². The summed E-state index contributed by atoms with van der Waals surface area (Å²) in [5.74, 6) is 2.11. The molecule has 104 valence electrons. The molecule has 1 atom stereocenters. The third-order valence-electron chi connectivity index (χ3n) is 2.85. The SMILES string of the molecule is Cc1cnc(C(C)Nc2nc(Cl)nc3sc(C)cc23)o1. The number of aromatic nitrogens is 3. The van der Waals surface area contributed by atoms with Gasteiger partial charge in [0.2, 0.25) is 11.2 Å². The summed E-state index contributed by atoms with van der Waals surface area (Å²) in [4.78, 5) is 14.8. The summed E-state index contributed by atoms with van der Waals surface area (Å²) >= 11 is 7.56. The highest BCUT2D eigenvalue weighted by Gasteiger charge is 2.15. The number of nitrogens with one attached hydrogen (secondary N) is 1. The van der Waals surface area contributed by atoms with E-state index in [-0.39, 0.29) is 11.3 Å². The molecular formula is C13H13ClN4OS. The van der Waals surface area contributed by atoms with Crippen molar-refractivity contribution in [2.24, 2.45) is 0 Å². The maximum absolute atomic E-state index is 5.97. The average molecular weight is 309 g/mol. The highest BCUT2D eigenvalue weighted by Crippen LogP contribution is 2.31. The van der Waals surface area contributed by atoms with Gasteiger partial charge in [0.25, 0.3) is 0 Å². The minimum atomic E-state index is -0.0990. The minimum Gasteiger partial charge on any atom is -0.444 e. The van der Waals surface area contributed by atoms with Crippen molar-refractivity contribution in [1.82, 2.24) is 15.0 Å². The van der Waals surface area contributed by atoms with Gasteiger partial charge in [0.05, 0.1) is 11.6 Å². The smallest absolute Gasteiger partial charge is 0.225 e. The zero-order valence-electron chi connectivity index (χ0n) is 11.3. The Labute approximate surface area is 125 Å². The van der Waals surface area contributed by atoms with Crippen molar-refractivity contribution in [1.29, 1.82) is 0 Å². The Morgan fingerprint density at radius 3 is 2.85 bits per heavy atom. The number of fused-ring (bicyclic) bond motifs is 1. The Kier molecular flexibility index (Phi) is 3.35. The molecule has 3 aromatic heterocycles. The van der Waals surface area contributed by atoms with Crippen LogP contribution in [0.2, 0.25) is 5.28 Å². The second-order valence-corrected chi connectivity index (χ2v) is 6.17. The molecule has 7 heteroatoms. The number of nitrogens with zero attached hydrogens (tertiary/aromatic N) is 3. The van der Waals surface area contributed by atoms with Crippen LogP contribution in [-0.4, -0.2) is 15.0 Å². The molecule has 0 aromatic carbocycles. The number of rotatable bonds is 3. The van der Waals surface area contributed by atoms with Crippen LogP contribution in [0.1, 0.15) is 29.5 Å². The summed E-state index contributed by atoms with van der Waals surface area (Å²) in [7, 11) is 0. The highest BCUT2D eigenvalue weighted by atomic mass is 35.5. The van der Waals surface area contributed by atoms with E-state index in [1.165, 1.54) is 4.88 Å². The number of oxazole rings is 1. The van der Waals surface area contributed by atoms with Crippen LogP contribution in [-0.2, 0) is 0 Å². The molecular weight excluding hydrogens is 296 g/mol. The van der Waals surface area contributed by atoms with Crippen LogP contribution in [0, 0.1) is 13.8 Å². The lowest BCUT2D eigenvalue weighted by atomic mass is 10.3. The van der Waals surface area contributed by atoms with Crippen LogP contribution in [0.5, 0.6) is 0 Å². The predicted molar refractivity (Wildman–Crippen MR) is 80.4 cm³/mol. The van der Waals surface area contributed by atoms with Gasteiger partial charge in [-0.05, 0) is 38.4 Å². The fraction of sp³-hybridized carbons (Fsp3) is 0.308. The van der Waals surface area contributed by atoms with Gasteiger partial charge < -0.3 is 9.73 Å². The quantitative estimate of drug-likeness (QED) is 0.737. The van der Waals surface area contributed by atoms with E-state index in [1.54, 1.807) is 17.5 Å². The lowest BCUT2D eigenvalue weighted by Crippen LogP contribution is -2.08. The zero-order valence-corrected chi connectivity index (χ0v) is 12.8. The summed E-state index contributed by atoms with van der Waals surface area (Å²) in [6, 6.07) is 1.95. The number of halogens is 1. The number of anilines is 1. The van der Waals surface area contributed by atoms with Gasteiger partial charge >= 0.3 is 0 Å². The van der Waals surface area contributed by atoms with E-state index in [2.05, 4.69) is 20.3 Å². The molecule has 0 fully saturated rings. The molecule has 5 nitrogen and oxygen atoms in total. The van der Waals surface area contributed by atoms with E-state index in [4.69, 9.17) is 16.0 Å². The molecule has 0 saturated carbocycles. The van der Waals surface area contributed by atoms with E-state index in [0.29, 0.717) is 11.7 Å². The second-order valence-electron chi connectivity index (χ2n) is 4.59. The maximum Gasteiger partial charge on any atom is 0.225 e. The van der Waals surface area contributed by atoms with E-state index in [9.17, 15) is 0 Å². The third-order valence-corrected chi connectivity index (χ3v) is 3.96. The van der Waals surface area contributed by atoms with Gasteiger partial charge in [-0.2, -0.15) is 0 Å². The van der Waals surface area contributed by atoms with E-state index < -0.39 is 0 Å². The maximum atomic E-state index is 5.97. The number of aryl methyl sites for hydroxylation is 2. The molecule has 0 aliphatic heterocycles. The molecule has 0 spiro atoms. The molecule has 1 unspecified atom stereocenters. The summed E-state index contributed by atoms with van der Waals surface area (Å²) < 4.78 is 5.52. The molecule has 0 bridgehead atoms. The van der Waals surface area contributed by atoms with Gasteiger partial charge in [-0.1, -0.05) is 0 Å². The third kappa shape index (κ3) is 2.48. The van der Waals surface area contributed by atoms with Gasteiger partial charge in [0, 0.05) is 4.88 Å². The molecule has 3 aromatic rings. The lowest BCUT2D eigenvalue weighted by Gasteiger charge is -2.11. The van der Waals surface area contributed by atoms with Crippen molar-refractivity contribution in [3.05, 3.63) is 34.1 Å². The first kappa shape index (κ1) is 13.3. The summed E-state index contributed by atoms with van der Waals surface area (Å²) in [5, 5.41) is 4.48. The molecule has 0 aliphatic rings. The van der Waals surface area contributed by atoms with Crippen molar-refractivity contribution < 1.29 is 4.42 Å². The average Bonchev–Trinajstić information content (AvgIpc) is 2.94. The van der Waals surface area contributed by atoms with Crippen LogP contribution in [0.4, 0.5) is 5.82 Å². The standard InChI is InChI=1S/C13H13ClN4OS/c1-6-5-15-11(19-6)8(3)16-10-9-4-7(2)20-12(9)18-13(14)17-10/h4-5,8H,1-3H3,(H,16,17,18). The van der Waals surface area contributed by atoms with Crippen molar-refractivity contribution in [3.63, 3.8) is 0 Å². The number of hydrogen-bond acceptors (Lipinski definition) is 6. The Balaban J connectivity index is 1.97. The number of hydrogen-bond donors (Lipinski definition) is 1. The predicted octanol–water partition coefficient (Wildman–Crippen LogP) is 4.12. The molecule has 3 heterocycles. The van der Waals surface area contributed by atoms with Gasteiger partial charge in [-0.25, -0.2) is 15.0 Å². The molecule has 0 saturated heterocycles. The second kappa shape index (κ2) is 5.03. The van der Waals surface area contributed by atoms with Gasteiger partial charge in [0.15, 0.2) is 0 Å². The molecule has 3 rings (SSSR count). The molecule has 0 amide bonds. The first-order valence-electron chi connectivity index (χ1n) is 6.15. The Bertz CT molecular complexity index is 767. The van der Waals surface area contributed by atoms with Crippen LogP contribution >= 0.6 is 22.9 Å². The fourth-order valence-electron chi connectivity index (χ4n) is 1.97. The Morgan fingerprint density at radius 1 is 1.35 bits per heavy atom. The van der Waals surface area contributed by atoms with Crippen LogP contribution < -0.4 is 5.32 Å². The molecule has 1 N–H and O–H groups in total. The minimum absolute atomic E-state index is 0.0990. The lowest BCUT2D eigenvalue weighted by molar-refractivity contribution is 0.453. The van der Waals surface area contributed by atoms with E-state index in [0.717, 1.165) is 16.0 Å². The van der Waals surface area contributed by atoms with Crippen molar-refractivity contribution >= 4 is 39.0 Å². The number of thiophene rings is 1.